The van der Waals surface area contributed by atoms with Crippen LogP contribution >= 0.6 is 0 Å². The zero-order valence-corrected chi connectivity index (χ0v) is 45.4. The maximum atomic E-state index is 11.9. The summed E-state index contributed by atoms with van der Waals surface area (Å²) in [5.41, 5.74) is -1.47. The molecule has 0 aromatic carbocycles. The second kappa shape index (κ2) is 23.3. The molecule has 0 aromatic heterocycles. The molecular weight excluding hydrogens is 1000 g/mol. The molecule has 76 heavy (non-hydrogen) atoms. The number of ether oxygens (including phenoxy) is 8. The van der Waals surface area contributed by atoms with Crippen molar-refractivity contribution in [3.05, 3.63) is 11.6 Å². The molecule has 4 heterocycles. The van der Waals surface area contributed by atoms with Crippen LogP contribution in [0.25, 0.3) is 0 Å². The highest BCUT2D eigenvalue weighted by Crippen LogP contribution is 2.75. The monoisotopic (exact) mass is 1090 g/mol. The van der Waals surface area contributed by atoms with Gasteiger partial charge in [-0.25, -0.2) is 0 Å². The molecule has 8 rings (SSSR count). The van der Waals surface area contributed by atoms with E-state index in [0.717, 1.165) is 44.1 Å². The van der Waals surface area contributed by atoms with Crippen molar-refractivity contribution in [2.75, 3.05) is 26.4 Å². The molecule has 22 nitrogen and oxygen atoms in total. The van der Waals surface area contributed by atoms with Crippen LogP contribution in [0.1, 0.15) is 120 Å². The topological polar surface area (TPSA) is 357 Å². The van der Waals surface area contributed by atoms with Gasteiger partial charge in [-0.15, -0.1) is 0 Å². The van der Waals surface area contributed by atoms with E-state index in [0.29, 0.717) is 25.7 Å². The normalized spacial score (nSPS) is 52.2. The average molecular weight is 1090 g/mol. The third-order valence-corrected chi connectivity index (χ3v) is 20.6. The first kappa shape index (κ1) is 60.9. The van der Waals surface area contributed by atoms with E-state index in [-0.39, 0.29) is 41.1 Å². The summed E-state index contributed by atoms with van der Waals surface area (Å²) in [5.74, 6) is 0.175. The highest BCUT2D eigenvalue weighted by Gasteiger charge is 2.71. The van der Waals surface area contributed by atoms with Gasteiger partial charge in [0.2, 0.25) is 0 Å². The Kier molecular flexibility index (Phi) is 18.6. The SMILES string of the molecule is CC(C)=CCCC(C)(OC1OC(COC2OC(C)C(O)C(O)C2O)C(O)C(O)C1O)C1CCC2C1(C)CCC1C2(C)CCC2C(C)(C)C(OC3OC(CO)C(O)C(O)C3OC3OC(CO)C(O)C(O)C3O)CCC21CO. The fraction of sp³-hybridized carbons (Fsp3) is 0.963. The minimum atomic E-state index is -1.82. The fourth-order valence-corrected chi connectivity index (χ4v) is 16.5. The summed E-state index contributed by atoms with van der Waals surface area (Å²) >= 11 is 0. The summed E-state index contributed by atoms with van der Waals surface area (Å²) in [6.07, 6.45) is -21.5. The maximum absolute atomic E-state index is 11.9. The second-order valence-corrected chi connectivity index (χ2v) is 25.5. The Bertz CT molecular complexity index is 1960. The van der Waals surface area contributed by atoms with E-state index in [2.05, 4.69) is 33.8 Å². The van der Waals surface area contributed by atoms with Crippen molar-refractivity contribution in [3.63, 3.8) is 0 Å². The summed E-state index contributed by atoms with van der Waals surface area (Å²) in [7, 11) is 0. The molecule has 0 aromatic rings. The summed E-state index contributed by atoms with van der Waals surface area (Å²) in [4.78, 5) is 0. The van der Waals surface area contributed by atoms with Crippen molar-refractivity contribution in [3.8, 4) is 0 Å². The Morgan fingerprint density at radius 3 is 1.74 bits per heavy atom. The van der Waals surface area contributed by atoms with Crippen LogP contribution in [0.3, 0.4) is 0 Å². The molecule has 4 saturated carbocycles. The van der Waals surface area contributed by atoms with Gasteiger partial charge in [-0.3, -0.25) is 0 Å². The third-order valence-electron chi connectivity index (χ3n) is 20.6. The van der Waals surface area contributed by atoms with Gasteiger partial charge >= 0.3 is 0 Å². The molecule has 8 aliphatic rings. The van der Waals surface area contributed by atoms with Crippen molar-refractivity contribution in [1.82, 2.24) is 0 Å². The molecular formula is C54H92O22. The van der Waals surface area contributed by atoms with Gasteiger partial charge in [0.15, 0.2) is 25.2 Å². The third kappa shape index (κ3) is 10.7. The van der Waals surface area contributed by atoms with Crippen molar-refractivity contribution >= 4 is 0 Å². The molecule has 4 aliphatic heterocycles. The highest BCUT2D eigenvalue weighted by atomic mass is 16.8. The van der Waals surface area contributed by atoms with Crippen LogP contribution in [-0.2, 0) is 37.9 Å². The lowest BCUT2D eigenvalue weighted by atomic mass is 9.36. The first-order chi connectivity index (χ1) is 35.6. The van der Waals surface area contributed by atoms with Crippen molar-refractivity contribution in [1.29, 1.82) is 0 Å². The van der Waals surface area contributed by atoms with Crippen LogP contribution < -0.4 is 0 Å². The van der Waals surface area contributed by atoms with Crippen LogP contribution in [0.4, 0.5) is 0 Å². The van der Waals surface area contributed by atoms with Gasteiger partial charge in [0.1, 0.15) is 91.6 Å². The Balaban J connectivity index is 1.01. The van der Waals surface area contributed by atoms with Crippen LogP contribution in [0, 0.1) is 45.3 Å². The van der Waals surface area contributed by atoms with Gasteiger partial charge in [-0.2, -0.15) is 0 Å². The predicted molar refractivity (Wildman–Crippen MR) is 265 cm³/mol. The zero-order valence-electron chi connectivity index (χ0n) is 45.4. The van der Waals surface area contributed by atoms with Crippen LogP contribution in [0.15, 0.2) is 11.6 Å². The van der Waals surface area contributed by atoms with Gasteiger partial charge in [-0.1, -0.05) is 39.3 Å². The average Bonchev–Trinajstić information content (AvgIpc) is 3.77. The Labute approximate surface area is 445 Å². The lowest BCUT2D eigenvalue weighted by molar-refractivity contribution is -0.379. The highest BCUT2D eigenvalue weighted by molar-refractivity contribution is 5.19. The molecule has 8 fully saturated rings. The summed E-state index contributed by atoms with van der Waals surface area (Å²) in [6, 6.07) is 0. The van der Waals surface area contributed by atoms with E-state index < -0.39 is 165 Å². The van der Waals surface area contributed by atoms with Gasteiger partial charge in [0.25, 0.3) is 0 Å². The van der Waals surface area contributed by atoms with E-state index in [4.69, 9.17) is 37.9 Å². The Morgan fingerprint density at radius 1 is 0.553 bits per heavy atom. The molecule has 0 bridgehead atoms. The van der Waals surface area contributed by atoms with Crippen molar-refractivity contribution in [2.24, 2.45) is 45.3 Å². The minimum Gasteiger partial charge on any atom is -0.396 e. The molecule has 29 unspecified atom stereocenters. The summed E-state index contributed by atoms with van der Waals surface area (Å²) < 4.78 is 49.2. The Morgan fingerprint density at radius 2 is 1.11 bits per heavy atom. The summed E-state index contributed by atoms with van der Waals surface area (Å²) in [5, 5.41) is 151. The molecule has 0 radical (unpaired) electrons. The maximum Gasteiger partial charge on any atom is 0.187 e. The van der Waals surface area contributed by atoms with Crippen molar-refractivity contribution < 1.29 is 109 Å². The smallest absolute Gasteiger partial charge is 0.187 e. The first-order valence-corrected chi connectivity index (χ1v) is 27.8. The number of aliphatic hydroxyl groups is 14. The number of aliphatic hydroxyl groups excluding tert-OH is 14. The standard InChI is InChI=1S/C54H92O22/c1-24(2)10-9-16-53(8,76-48-44(68)40(64)37(61)28(73-48)22-69-46-42(66)38(62)34(58)25(3)70-46)31-12-11-30-51(31,6)18-14-32-52(30,7)17-13-29-50(4,5)33(15-19-54(29,32)23-57)74-49-45(41(65)36(60)27(21-56)72-49)75-47-43(67)39(63)35(59)26(20-55)71-47/h10,25-49,55-68H,9,11-23H2,1-8H3. The van der Waals surface area contributed by atoms with E-state index in [9.17, 15) is 71.5 Å². The zero-order chi connectivity index (χ0) is 55.8. The molecule has 4 saturated heterocycles. The summed E-state index contributed by atoms with van der Waals surface area (Å²) in [6.45, 7) is 14.7. The molecule has 22 heteroatoms. The van der Waals surface area contributed by atoms with Crippen LogP contribution in [0.5, 0.6) is 0 Å². The lowest BCUT2D eigenvalue weighted by Gasteiger charge is -2.69. The van der Waals surface area contributed by atoms with Crippen LogP contribution in [0.2, 0.25) is 0 Å². The number of hydrogen-bond acceptors (Lipinski definition) is 22. The number of hydrogen-bond donors (Lipinski definition) is 14. The van der Waals surface area contributed by atoms with Gasteiger partial charge in [0, 0.05) is 12.0 Å². The van der Waals surface area contributed by atoms with E-state index >= 15 is 0 Å². The molecule has 0 spiro atoms. The molecule has 4 aliphatic carbocycles. The number of rotatable bonds is 16. The molecule has 29 atom stereocenters. The van der Waals surface area contributed by atoms with E-state index in [1.165, 1.54) is 6.92 Å². The first-order valence-electron chi connectivity index (χ1n) is 27.8. The molecule has 0 amide bonds. The second-order valence-electron chi connectivity index (χ2n) is 25.5. The van der Waals surface area contributed by atoms with Gasteiger partial charge in [-0.05, 0) is 132 Å². The van der Waals surface area contributed by atoms with Crippen molar-refractivity contribution in [2.45, 2.75) is 254 Å². The van der Waals surface area contributed by atoms with E-state index in [1.807, 2.05) is 20.8 Å². The van der Waals surface area contributed by atoms with Gasteiger partial charge < -0.3 is 109 Å². The lowest BCUT2D eigenvalue weighted by Crippen LogP contribution is -2.67. The molecule has 440 valence electrons. The van der Waals surface area contributed by atoms with Crippen LogP contribution in [-0.4, -0.2) is 232 Å². The fourth-order valence-electron chi connectivity index (χ4n) is 16.5. The Hall–Kier alpha value is -1.14. The predicted octanol–water partition coefficient (Wildman–Crippen LogP) is -1.17. The van der Waals surface area contributed by atoms with Gasteiger partial charge in [0.05, 0.1) is 37.6 Å². The minimum absolute atomic E-state index is 0.0587. The molecule has 14 N–H and O–H groups in total. The quantitative estimate of drug-likeness (QED) is 0.0639. The largest absolute Gasteiger partial charge is 0.396 e. The van der Waals surface area contributed by atoms with E-state index in [1.54, 1.807) is 0 Å². The number of allylic oxidation sites excluding steroid dienone is 2. The number of fused-ring (bicyclic) bond motifs is 5.